The van der Waals surface area contributed by atoms with Crippen LogP contribution < -0.4 is 5.73 Å². The Morgan fingerprint density at radius 2 is 2.16 bits per heavy atom. The molecule has 0 aliphatic carbocycles. The van der Waals surface area contributed by atoms with Crippen molar-refractivity contribution in [1.82, 2.24) is 4.90 Å². The normalized spacial score (nSPS) is 10.5. The number of nitrogens with two attached hydrogens (primary N) is 1. The Morgan fingerprint density at radius 3 is 2.74 bits per heavy atom. The summed E-state index contributed by atoms with van der Waals surface area (Å²) in [5, 5.41) is 2.54. The van der Waals surface area contributed by atoms with Gasteiger partial charge in [0.2, 0.25) is 0 Å². The molecule has 19 heavy (non-hydrogen) atoms. The number of rotatable bonds is 3. The van der Waals surface area contributed by atoms with Crippen LogP contribution in [0, 0.1) is 0 Å². The average Bonchev–Trinajstić information content (AvgIpc) is 2.87. The Kier molecular flexibility index (Phi) is 4.34. The van der Waals surface area contributed by atoms with E-state index in [1.165, 1.54) is 6.07 Å². The van der Waals surface area contributed by atoms with Gasteiger partial charge in [0.05, 0.1) is 22.3 Å². The zero-order valence-electron chi connectivity index (χ0n) is 10.2. The third kappa shape index (κ3) is 3.21. The van der Waals surface area contributed by atoms with Crippen LogP contribution in [0.4, 0.5) is 5.69 Å². The molecule has 0 radical (unpaired) electrons. The van der Waals surface area contributed by atoms with Crippen molar-refractivity contribution < 1.29 is 4.79 Å². The molecule has 1 amide bonds. The number of benzene rings is 1. The van der Waals surface area contributed by atoms with E-state index < -0.39 is 0 Å². The van der Waals surface area contributed by atoms with Gasteiger partial charge in [0, 0.05) is 17.5 Å². The summed E-state index contributed by atoms with van der Waals surface area (Å²) in [6.07, 6.45) is 0. The van der Waals surface area contributed by atoms with Gasteiger partial charge in [-0.15, -0.1) is 11.3 Å². The van der Waals surface area contributed by atoms with Crippen molar-refractivity contribution in [2.24, 2.45) is 0 Å². The molecule has 0 aliphatic heterocycles. The van der Waals surface area contributed by atoms with Gasteiger partial charge >= 0.3 is 0 Å². The van der Waals surface area contributed by atoms with Gasteiger partial charge in [-0.05, 0) is 23.6 Å². The van der Waals surface area contributed by atoms with Crippen molar-refractivity contribution >= 4 is 46.1 Å². The highest BCUT2D eigenvalue weighted by Crippen LogP contribution is 2.30. The van der Waals surface area contributed by atoms with Crippen molar-refractivity contribution in [2.45, 2.75) is 6.54 Å². The van der Waals surface area contributed by atoms with E-state index in [1.54, 1.807) is 29.4 Å². The number of anilines is 1. The summed E-state index contributed by atoms with van der Waals surface area (Å²) in [4.78, 5) is 15.0. The van der Waals surface area contributed by atoms with Crippen LogP contribution in [0.15, 0.2) is 29.6 Å². The molecule has 0 spiro atoms. The molecule has 1 aromatic carbocycles. The molecule has 0 fully saturated rings. The van der Waals surface area contributed by atoms with Crippen LogP contribution in [0.2, 0.25) is 10.0 Å². The summed E-state index contributed by atoms with van der Waals surface area (Å²) in [6.45, 7) is 0.552. The molecule has 2 rings (SSSR count). The lowest BCUT2D eigenvalue weighted by Gasteiger charge is -2.17. The molecule has 1 heterocycles. The van der Waals surface area contributed by atoms with Gasteiger partial charge in [-0.3, -0.25) is 4.79 Å². The van der Waals surface area contributed by atoms with Crippen LogP contribution in [0.25, 0.3) is 0 Å². The van der Waals surface area contributed by atoms with Crippen LogP contribution in [0.5, 0.6) is 0 Å². The summed E-state index contributed by atoms with van der Waals surface area (Å²) in [5.74, 6) is -0.140. The van der Waals surface area contributed by atoms with Crippen LogP contribution in [0.1, 0.15) is 15.2 Å². The molecule has 100 valence electrons. The van der Waals surface area contributed by atoms with Gasteiger partial charge in [-0.2, -0.15) is 0 Å². The Hall–Kier alpha value is -1.23. The number of carbonyl (C=O) groups excluding carboxylic acids is 1. The number of halogens is 2. The topological polar surface area (TPSA) is 46.3 Å². The molecule has 0 atom stereocenters. The summed E-state index contributed by atoms with van der Waals surface area (Å²) >= 11 is 13.4. The number of nitrogens with zero attached hydrogens (tertiary/aromatic N) is 1. The Labute approximate surface area is 125 Å². The lowest BCUT2D eigenvalue weighted by molar-refractivity contribution is 0.0786. The van der Waals surface area contributed by atoms with Crippen molar-refractivity contribution in [3.05, 3.63) is 50.1 Å². The van der Waals surface area contributed by atoms with Gasteiger partial charge in [-0.1, -0.05) is 29.3 Å². The van der Waals surface area contributed by atoms with E-state index in [0.717, 1.165) is 4.88 Å². The van der Waals surface area contributed by atoms with E-state index in [9.17, 15) is 4.79 Å². The summed E-state index contributed by atoms with van der Waals surface area (Å²) in [7, 11) is 1.74. The maximum atomic E-state index is 12.3. The average molecular weight is 315 g/mol. The third-order valence-electron chi connectivity index (χ3n) is 2.62. The molecule has 0 saturated carbocycles. The second-order valence-electron chi connectivity index (χ2n) is 4.10. The fourth-order valence-electron chi connectivity index (χ4n) is 1.66. The SMILES string of the molecule is CN(Cc1cccs1)C(=O)c1cc(N)c(Cl)c(Cl)c1. The minimum Gasteiger partial charge on any atom is -0.397 e. The number of nitrogen functional groups attached to an aromatic ring is 1. The van der Waals surface area contributed by atoms with Crippen LogP contribution in [-0.2, 0) is 6.54 Å². The maximum absolute atomic E-state index is 12.3. The number of thiophene rings is 1. The highest BCUT2D eigenvalue weighted by atomic mass is 35.5. The van der Waals surface area contributed by atoms with Gasteiger partial charge in [0.25, 0.3) is 5.91 Å². The molecule has 1 aromatic heterocycles. The van der Waals surface area contributed by atoms with E-state index in [0.29, 0.717) is 17.8 Å². The Morgan fingerprint density at radius 1 is 1.42 bits per heavy atom. The van der Waals surface area contributed by atoms with E-state index >= 15 is 0 Å². The fraction of sp³-hybridized carbons (Fsp3) is 0.154. The summed E-state index contributed by atoms with van der Waals surface area (Å²) in [5.41, 5.74) is 6.45. The van der Waals surface area contributed by atoms with E-state index in [4.69, 9.17) is 28.9 Å². The number of carbonyl (C=O) groups is 1. The molecule has 2 N–H and O–H groups in total. The molecule has 3 nitrogen and oxygen atoms in total. The van der Waals surface area contributed by atoms with Gasteiger partial charge < -0.3 is 10.6 Å². The third-order valence-corrected chi connectivity index (χ3v) is 4.30. The van der Waals surface area contributed by atoms with E-state index in [1.807, 2.05) is 17.5 Å². The number of hydrogen-bond donors (Lipinski definition) is 1. The maximum Gasteiger partial charge on any atom is 0.254 e. The zero-order valence-corrected chi connectivity index (χ0v) is 12.5. The van der Waals surface area contributed by atoms with E-state index in [-0.39, 0.29) is 16.0 Å². The molecule has 0 unspecified atom stereocenters. The van der Waals surface area contributed by atoms with Gasteiger partial charge in [0.15, 0.2) is 0 Å². The largest absolute Gasteiger partial charge is 0.397 e. The smallest absolute Gasteiger partial charge is 0.254 e. The minimum absolute atomic E-state index is 0.140. The number of amides is 1. The Bertz CT molecular complexity index is 576. The van der Waals surface area contributed by atoms with Crippen LogP contribution in [-0.4, -0.2) is 17.9 Å². The van der Waals surface area contributed by atoms with Gasteiger partial charge in [-0.25, -0.2) is 0 Å². The fourth-order valence-corrected chi connectivity index (χ4v) is 2.76. The lowest BCUT2D eigenvalue weighted by atomic mass is 10.1. The molecular weight excluding hydrogens is 303 g/mol. The van der Waals surface area contributed by atoms with Crippen molar-refractivity contribution in [3.63, 3.8) is 0 Å². The van der Waals surface area contributed by atoms with Gasteiger partial charge in [0.1, 0.15) is 0 Å². The minimum atomic E-state index is -0.140. The monoisotopic (exact) mass is 314 g/mol. The second kappa shape index (κ2) is 5.82. The highest BCUT2D eigenvalue weighted by molar-refractivity contribution is 7.09. The predicted molar refractivity (Wildman–Crippen MR) is 81.0 cm³/mol. The number of hydrogen-bond acceptors (Lipinski definition) is 3. The summed E-state index contributed by atoms with van der Waals surface area (Å²) < 4.78 is 0. The zero-order chi connectivity index (χ0) is 14.0. The molecule has 0 saturated heterocycles. The first kappa shape index (κ1) is 14.2. The van der Waals surface area contributed by atoms with Crippen molar-refractivity contribution in [1.29, 1.82) is 0 Å². The Balaban J connectivity index is 2.19. The van der Waals surface area contributed by atoms with Crippen molar-refractivity contribution in [3.8, 4) is 0 Å². The lowest BCUT2D eigenvalue weighted by Crippen LogP contribution is -2.25. The van der Waals surface area contributed by atoms with Crippen LogP contribution >= 0.6 is 34.5 Å². The molecule has 0 aliphatic rings. The first-order valence-electron chi connectivity index (χ1n) is 5.51. The molecule has 0 bridgehead atoms. The van der Waals surface area contributed by atoms with Crippen molar-refractivity contribution in [2.75, 3.05) is 12.8 Å². The standard InChI is InChI=1S/C13H12Cl2N2OS/c1-17(7-9-3-2-4-19-9)13(18)8-5-10(14)12(15)11(16)6-8/h2-6H,7,16H2,1H3. The first-order valence-corrected chi connectivity index (χ1v) is 7.15. The molecular formula is C13H12Cl2N2OS. The highest BCUT2D eigenvalue weighted by Gasteiger charge is 2.15. The van der Waals surface area contributed by atoms with E-state index in [2.05, 4.69) is 0 Å². The first-order chi connectivity index (χ1) is 8.99. The molecule has 6 heteroatoms. The molecule has 2 aromatic rings. The quantitative estimate of drug-likeness (QED) is 0.873. The second-order valence-corrected chi connectivity index (χ2v) is 5.92. The summed E-state index contributed by atoms with van der Waals surface area (Å²) in [6, 6.07) is 7.02. The van der Waals surface area contributed by atoms with Crippen LogP contribution in [0.3, 0.4) is 0 Å². The predicted octanol–water partition coefficient (Wildman–Crippen LogP) is 3.91.